The highest BCUT2D eigenvalue weighted by atomic mass is 32.2. The van der Waals surface area contributed by atoms with Gasteiger partial charge in [0.25, 0.3) is 5.91 Å². The predicted octanol–water partition coefficient (Wildman–Crippen LogP) is -0.633. The number of rotatable bonds is 9. The third-order valence-electron chi connectivity index (χ3n) is 2.68. The van der Waals surface area contributed by atoms with Crippen molar-refractivity contribution in [2.45, 2.75) is 24.9 Å². The van der Waals surface area contributed by atoms with Gasteiger partial charge in [0.1, 0.15) is 12.1 Å². The van der Waals surface area contributed by atoms with Crippen LogP contribution in [0.1, 0.15) is 12.8 Å². The number of hydrogen-bond acceptors (Lipinski definition) is 6. The molecule has 0 bridgehead atoms. The lowest BCUT2D eigenvalue weighted by Crippen LogP contribution is -2.50. The molecule has 0 aromatic rings. The first-order chi connectivity index (χ1) is 10.2. The van der Waals surface area contributed by atoms with Crippen molar-refractivity contribution in [2.75, 3.05) is 18.6 Å². The Hall–Kier alpha value is -1.81. The molecule has 0 rings (SSSR count). The van der Waals surface area contributed by atoms with Crippen molar-refractivity contribution in [3.63, 3.8) is 0 Å². The standard InChI is InChI=1S/C12H20N3O6S/c1-3-22-6-8(10(17)15(2)12(20)21)14-9(16)5-4-7(13)11(18)19/h7-8H,1,3-6,13H2,2H3,(H,14,16)(H,18,19)(H,20,21). The van der Waals surface area contributed by atoms with Gasteiger partial charge in [0.05, 0.1) is 0 Å². The van der Waals surface area contributed by atoms with Crippen LogP contribution in [0.4, 0.5) is 4.79 Å². The second kappa shape index (κ2) is 10.0. The Balaban J connectivity index is 4.64. The molecule has 0 fully saturated rings. The van der Waals surface area contributed by atoms with Crippen LogP contribution in [-0.2, 0) is 14.4 Å². The average molecular weight is 334 g/mol. The molecule has 125 valence electrons. The SMILES string of the molecule is [CH2]CSCC(NC(=O)CCC(N)C(=O)O)C(=O)N(C)C(=O)O. The van der Waals surface area contributed by atoms with E-state index in [2.05, 4.69) is 12.2 Å². The number of carbonyl (C=O) groups excluding carboxylic acids is 2. The molecule has 3 amide bonds. The molecule has 0 aromatic heterocycles. The summed E-state index contributed by atoms with van der Waals surface area (Å²) in [6.07, 6.45) is -1.70. The van der Waals surface area contributed by atoms with Gasteiger partial charge in [-0.3, -0.25) is 14.4 Å². The smallest absolute Gasteiger partial charge is 0.413 e. The van der Waals surface area contributed by atoms with Gasteiger partial charge in [0.15, 0.2) is 0 Å². The zero-order valence-corrected chi connectivity index (χ0v) is 13.0. The normalized spacial score (nSPS) is 13.0. The van der Waals surface area contributed by atoms with Crippen molar-refractivity contribution >= 4 is 35.6 Å². The molecule has 0 aliphatic carbocycles. The molecule has 0 saturated heterocycles. The zero-order chi connectivity index (χ0) is 17.3. The molecule has 0 aromatic carbocycles. The Kier molecular flexibility index (Phi) is 9.18. The van der Waals surface area contributed by atoms with Crippen molar-refractivity contribution < 1.29 is 29.4 Å². The molecule has 22 heavy (non-hydrogen) atoms. The van der Waals surface area contributed by atoms with Crippen LogP contribution in [0.15, 0.2) is 0 Å². The molecule has 0 aliphatic heterocycles. The van der Waals surface area contributed by atoms with Crippen LogP contribution < -0.4 is 11.1 Å². The van der Waals surface area contributed by atoms with Gasteiger partial charge in [0, 0.05) is 19.2 Å². The van der Waals surface area contributed by atoms with E-state index in [0.717, 1.165) is 7.05 Å². The summed E-state index contributed by atoms with van der Waals surface area (Å²) in [4.78, 5) is 45.5. The molecular weight excluding hydrogens is 314 g/mol. The minimum atomic E-state index is -1.43. The molecule has 0 saturated carbocycles. The van der Waals surface area contributed by atoms with E-state index in [1.165, 1.54) is 11.8 Å². The molecule has 1 radical (unpaired) electrons. The maximum atomic E-state index is 12.0. The Morgan fingerprint density at radius 3 is 2.36 bits per heavy atom. The lowest BCUT2D eigenvalue weighted by molar-refractivity contribution is -0.139. The number of amides is 3. The van der Waals surface area contributed by atoms with Crippen LogP contribution in [0, 0.1) is 6.92 Å². The highest BCUT2D eigenvalue weighted by Gasteiger charge is 2.27. The third kappa shape index (κ3) is 7.27. The summed E-state index contributed by atoms with van der Waals surface area (Å²) in [5, 5.41) is 19.8. The fourth-order valence-electron chi connectivity index (χ4n) is 1.38. The summed E-state index contributed by atoms with van der Waals surface area (Å²) in [5.74, 6) is -1.96. The van der Waals surface area contributed by atoms with E-state index in [-0.39, 0.29) is 18.6 Å². The van der Waals surface area contributed by atoms with E-state index >= 15 is 0 Å². The molecule has 2 unspecified atom stereocenters. The quantitative estimate of drug-likeness (QED) is 0.435. The minimum Gasteiger partial charge on any atom is -0.480 e. The van der Waals surface area contributed by atoms with Crippen LogP contribution in [0.25, 0.3) is 0 Å². The summed E-state index contributed by atoms with van der Waals surface area (Å²) >= 11 is 1.26. The van der Waals surface area contributed by atoms with Gasteiger partial charge in [-0.2, -0.15) is 11.8 Å². The van der Waals surface area contributed by atoms with E-state index in [1.807, 2.05) is 0 Å². The molecule has 9 nitrogen and oxygen atoms in total. The van der Waals surface area contributed by atoms with Crippen LogP contribution in [0.3, 0.4) is 0 Å². The van der Waals surface area contributed by atoms with E-state index in [0.29, 0.717) is 10.7 Å². The fourth-order valence-corrected chi connectivity index (χ4v) is 2.01. The number of thioether (sulfide) groups is 1. The monoisotopic (exact) mass is 334 g/mol. The number of carboxylic acid groups (broad SMARTS) is 2. The molecular formula is C12H20N3O6S. The summed E-state index contributed by atoms with van der Waals surface area (Å²) in [5.41, 5.74) is 5.28. The number of aliphatic carboxylic acids is 1. The molecule has 0 spiro atoms. The highest BCUT2D eigenvalue weighted by molar-refractivity contribution is 7.99. The van der Waals surface area contributed by atoms with E-state index in [9.17, 15) is 19.2 Å². The Labute approximate surface area is 132 Å². The van der Waals surface area contributed by atoms with E-state index in [4.69, 9.17) is 15.9 Å². The predicted molar refractivity (Wildman–Crippen MR) is 80.3 cm³/mol. The zero-order valence-electron chi connectivity index (χ0n) is 12.2. The second-order valence-corrected chi connectivity index (χ2v) is 5.51. The first-order valence-electron chi connectivity index (χ1n) is 6.35. The largest absolute Gasteiger partial charge is 0.480 e. The van der Waals surface area contributed by atoms with Crippen molar-refractivity contribution in [1.29, 1.82) is 0 Å². The number of carbonyl (C=O) groups is 4. The summed E-state index contributed by atoms with van der Waals surface area (Å²) in [7, 11) is 1.08. The number of imide groups is 1. The number of nitrogens with two attached hydrogens (primary N) is 1. The van der Waals surface area contributed by atoms with E-state index < -0.39 is 36.0 Å². The number of nitrogens with zero attached hydrogens (tertiary/aromatic N) is 1. The first-order valence-corrected chi connectivity index (χ1v) is 7.51. The summed E-state index contributed by atoms with van der Waals surface area (Å²) < 4.78 is 0. The van der Waals surface area contributed by atoms with Gasteiger partial charge in [-0.05, 0) is 19.1 Å². The van der Waals surface area contributed by atoms with Crippen molar-refractivity contribution in [1.82, 2.24) is 10.2 Å². The van der Waals surface area contributed by atoms with Gasteiger partial charge in [0.2, 0.25) is 5.91 Å². The highest BCUT2D eigenvalue weighted by Crippen LogP contribution is 2.06. The minimum absolute atomic E-state index is 0.0840. The maximum Gasteiger partial charge on any atom is 0.413 e. The van der Waals surface area contributed by atoms with Crippen molar-refractivity contribution in [3.05, 3.63) is 6.92 Å². The number of likely N-dealkylation sites (N-methyl/N-ethyl adjacent to an activating group) is 1. The van der Waals surface area contributed by atoms with Gasteiger partial charge in [-0.1, -0.05) is 0 Å². The summed E-state index contributed by atoms with van der Waals surface area (Å²) in [6, 6.07) is -2.20. The van der Waals surface area contributed by atoms with Gasteiger partial charge >= 0.3 is 12.1 Å². The number of hydrogen-bond donors (Lipinski definition) is 4. The molecule has 10 heteroatoms. The molecule has 0 aliphatic rings. The number of nitrogens with one attached hydrogen (secondary N) is 1. The maximum absolute atomic E-state index is 12.0. The Morgan fingerprint density at radius 1 is 1.32 bits per heavy atom. The molecule has 5 N–H and O–H groups in total. The average Bonchev–Trinajstić information content (AvgIpc) is 2.46. The topological polar surface area (TPSA) is 150 Å². The molecule has 0 heterocycles. The lowest BCUT2D eigenvalue weighted by Gasteiger charge is -2.21. The number of carboxylic acids is 1. The first kappa shape index (κ1) is 20.2. The Bertz CT molecular complexity index is 431. The van der Waals surface area contributed by atoms with Crippen molar-refractivity contribution in [2.24, 2.45) is 5.73 Å². The van der Waals surface area contributed by atoms with Gasteiger partial charge in [-0.25, -0.2) is 9.69 Å². The lowest BCUT2D eigenvalue weighted by atomic mass is 10.1. The van der Waals surface area contributed by atoms with E-state index in [1.54, 1.807) is 0 Å². The van der Waals surface area contributed by atoms with Crippen LogP contribution in [-0.4, -0.2) is 69.6 Å². The molecule has 2 atom stereocenters. The van der Waals surface area contributed by atoms with Gasteiger partial charge < -0.3 is 21.3 Å². The fraction of sp³-hybridized carbons (Fsp3) is 0.583. The third-order valence-corrected chi connectivity index (χ3v) is 3.54. The second-order valence-electron chi connectivity index (χ2n) is 4.36. The Morgan fingerprint density at radius 2 is 1.91 bits per heavy atom. The summed E-state index contributed by atoms with van der Waals surface area (Å²) in [6.45, 7) is 3.58. The van der Waals surface area contributed by atoms with Crippen LogP contribution >= 0.6 is 11.8 Å². The van der Waals surface area contributed by atoms with Gasteiger partial charge in [-0.15, -0.1) is 0 Å². The van der Waals surface area contributed by atoms with Crippen molar-refractivity contribution in [3.8, 4) is 0 Å². The van der Waals surface area contributed by atoms with Crippen LogP contribution in [0.2, 0.25) is 0 Å². The van der Waals surface area contributed by atoms with Crippen LogP contribution in [0.5, 0.6) is 0 Å².